The Balaban J connectivity index is 1.78. The highest BCUT2D eigenvalue weighted by molar-refractivity contribution is 5.75. The molecule has 180 valence electrons. The maximum absolute atomic E-state index is 12.8. The number of rotatable bonds is 11. The first-order chi connectivity index (χ1) is 16.4. The minimum atomic E-state index is 0.149. The van der Waals surface area contributed by atoms with Gasteiger partial charge in [0.1, 0.15) is 5.75 Å². The van der Waals surface area contributed by atoms with Crippen molar-refractivity contribution in [2.75, 3.05) is 25.5 Å². The number of carbonyl (C=O) groups is 1. The number of hydrogen-bond donors (Lipinski definition) is 0. The average molecular weight is 459 g/mol. The number of carbonyl (C=O) groups excluding carboxylic acids is 1. The van der Waals surface area contributed by atoms with Crippen molar-refractivity contribution in [3.8, 4) is 5.75 Å². The molecule has 0 radical (unpaired) electrons. The molecule has 0 aromatic heterocycles. The third-order valence-corrected chi connectivity index (χ3v) is 6.03. The monoisotopic (exact) mass is 458 g/mol. The Morgan fingerprint density at radius 3 is 2.03 bits per heavy atom. The van der Waals surface area contributed by atoms with E-state index < -0.39 is 0 Å². The maximum atomic E-state index is 12.8. The first kappa shape index (κ1) is 25.4. The van der Waals surface area contributed by atoms with Crippen LogP contribution in [-0.4, -0.2) is 37.6 Å². The second-order valence-corrected chi connectivity index (χ2v) is 9.22. The van der Waals surface area contributed by atoms with Crippen LogP contribution in [-0.2, 0) is 11.3 Å². The Morgan fingerprint density at radius 2 is 1.47 bits per heavy atom. The molecule has 0 aliphatic rings. The van der Waals surface area contributed by atoms with E-state index in [0.29, 0.717) is 19.5 Å². The zero-order valence-corrected chi connectivity index (χ0v) is 21.2. The van der Waals surface area contributed by atoms with Gasteiger partial charge in [-0.1, -0.05) is 61.5 Å². The fraction of sp³-hybridized carbons (Fsp3) is 0.367. The van der Waals surface area contributed by atoms with Gasteiger partial charge in [0.05, 0.1) is 6.10 Å². The van der Waals surface area contributed by atoms with Crippen LogP contribution < -0.4 is 9.64 Å². The lowest BCUT2D eigenvalue weighted by Crippen LogP contribution is -2.31. The van der Waals surface area contributed by atoms with Gasteiger partial charge in [0.2, 0.25) is 5.91 Å². The number of benzene rings is 3. The summed E-state index contributed by atoms with van der Waals surface area (Å²) in [6.45, 7) is 7.34. The Hall–Kier alpha value is -3.27. The molecule has 3 aromatic rings. The molecule has 0 unspecified atom stereocenters. The Morgan fingerprint density at radius 1 is 0.853 bits per heavy atom. The van der Waals surface area contributed by atoms with E-state index in [1.54, 1.807) is 0 Å². The van der Waals surface area contributed by atoms with E-state index in [-0.39, 0.29) is 17.9 Å². The molecule has 4 heteroatoms. The molecule has 4 nitrogen and oxygen atoms in total. The number of nitrogens with zero attached hydrogens (tertiary/aromatic N) is 2. The third kappa shape index (κ3) is 7.11. The van der Waals surface area contributed by atoms with E-state index in [1.165, 1.54) is 11.1 Å². The van der Waals surface area contributed by atoms with Crippen LogP contribution in [0.15, 0.2) is 78.9 Å². The van der Waals surface area contributed by atoms with Crippen molar-refractivity contribution in [1.29, 1.82) is 0 Å². The molecular formula is C30H38N2O2. The van der Waals surface area contributed by atoms with E-state index in [4.69, 9.17) is 4.74 Å². The molecule has 1 amide bonds. The molecule has 34 heavy (non-hydrogen) atoms. The van der Waals surface area contributed by atoms with Crippen LogP contribution in [0.4, 0.5) is 5.69 Å². The number of amides is 1. The largest absolute Gasteiger partial charge is 0.491 e. The van der Waals surface area contributed by atoms with Crippen LogP contribution in [0.3, 0.4) is 0 Å². The van der Waals surface area contributed by atoms with Crippen LogP contribution in [0.1, 0.15) is 56.2 Å². The molecule has 0 heterocycles. The number of anilines is 1. The fourth-order valence-corrected chi connectivity index (χ4v) is 4.18. The second-order valence-electron chi connectivity index (χ2n) is 9.22. The molecule has 0 N–H and O–H groups in total. The molecular weight excluding hydrogens is 420 g/mol. The topological polar surface area (TPSA) is 32.8 Å². The Labute approximate surface area is 205 Å². The van der Waals surface area contributed by atoms with Crippen molar-refractivity contribution in [2.24, 2.45) is 0 Å². The minimum absolute atomic E-state index is 0.149. The van der Waals surface area contributed by atoms with E-state index in [2.05, 4.69) is 65.6 Å². The third-order valence-electron chi connectivity index (χ3n) is 6.03. The highest BCUT2D eigenvalue weighted by atomic mass is 16.5. The fourth-order valence-electron chi connectivity index (χ4n) is 4.18. The smallest absolute Gasteiger partial charge is 0.222 e. The zero-order chi connectivity index (χ0) is 24.5. The average Bonchev–Trinajstić information content (AvgIpc) is 2.84. The van der Waals surface area contributed by atoms with Crippen LogP contribution >= 0.6 is 0 Å². The molecule has 0 aliphatic heterocycles. The molecule has 3 rings (SSSR count). The Kier molecular flexibility index (Phi) is 9.15. The normalized spacial score (nSPS) is 11.8. The van der Waals surface area contributed by atoms with E-state index >= 15 is 0 Å². The van der Waals surface area contributed by atoms with Crippen molar-refractivity contribution in [2.45, 2.75) is 52.2 Å². The molecule has 0 saturated carbocycles. The van der Waals surface area contributed by atoms with E-state index in [1.807, 2.05) is 58.0 Å². The Bertz CT molecular complexity index is 1010. The van der Waals surface area contributed by atoms with Gasteiger partial charge in [-0.2, -0.15) is 0 Å². The quantitative estimate of drug-likeness (QED) is 0.329. The molecule has 0 aliphatic carbocycles. The molecule has 1 atom stereocenters. The zero-order valence-electron chi connectivity index (χ0n) is 21.2. The van der Waals surface area contributed by atoms with Crippen molar-refractivity contribution in [1.82, 2.24) is 4.90 Å². The lowest BCUT2D eigenvalue weighted by Gasteiger charge is -2.26. The summed E-state index contributed by atoms with van der Waals surface area (Å²) >= 11 is 0. The minimum Gasteiger partial charge on any atom is -0.491 e. The summed E-state index contributed by atoms with van der Waals surface area (Å²) in [6, 6.07) is 27.4. The van der Waals surface area contributed by atoms with E-state index in [0.717, 1.165) is 23.4 Å². The van der Waals surface area contributed by atoms with Gasteiger partial charge in [-0.25, -0.2) is 0 Å². The molecule has 0 saturated heterocycles. The predicted molar refractivity (Wildman–Crippen MR) is 142 cm³/mol. The van der Waals surface area contributed by atoms with Crippen LogP contribution in [0, 0.1) is 0 Å². The van der Waals surface area contributed by atoms with Crippen molar-refractivity contribution in [3.63, 3.8) is 0 Å². The van der Waals surface area contributed by atoms with Gasteiger partial charge in [-0.15, -0.1) is 0 Å². The van der Waals surface area contributed by atoms with Crippen LogP contribution in [0.25, 0.3) is 0 Å². The van der Waals surface area contributed by atoms with Crippen LogP contribution in [0.5, 0.6) is 5.75 Å². The summed E-state index contributed by atoms with van der Waals surface area (Å²) in [6.07, 6.45) is 1.51. The summed E-state index contributed by atoms with van der Waals surface area (Å²) in [4.78, 5) is 16.9. The molecule has 3 aromatic carbocycles. The maximum Gasteiger partial charge on any atom is 0.222 e. The summed E-state index contributed by atoms with van der Waals surface area (Å²) in [5.41, 5.74) is 4.81. The lowest BCUT2D eigenvalue weighted by molar-refractivity contribution is -0.131. The van der Waals surface area contributed by atoms with Gasteiger partial charge in [-0.05, 0) is 61.2 Å². The van der Waals surface area contributed by atoms with E-state index in [9.17, 15) is 4.79 Å². The molecule has 0 spiro atoms. The highest BCUT2D eigenvalue weighted by Gasteiger charge is 2.19. The van der Waals surface area contributed by atoms with Gasteiger partial charge in [-0.3, -0.25) is 4.79 Å². The van der Waals surface area contributed by atoms with Gasteiger partial charge in [0.25, 0.3) is 0 Å². The van der Waals surface area contributed by atoms with Gasteiger partial charge in [0, 0.05) is 45.2 Å². The summed E-state index contributed by atoms with van der Waals surface area (Å²) < 4.78 is 5.83. The predicted octanol–water partition coefficient (Wildman–Crippen LogP) is 6.50. The second kappa shape index (κ2) is 12.3. The summed E-state index contributed by atoms with van der Waals surface area (Å²) in [7, 11) is 4.07. The SMILES string of the molecule is CCC(=O)N(CC[C@@H](c1ccccc1)c1ccc(OC(C)C)cc1)Cc1ccc(N(C)C)cc1. The summed E-state index contributed by atoms with van der Waals surface area (Å²) in [5.74, 6) is 1.27. The van der Waals surface area contributed by atoms with Gasteiger partial charge < -0.3 is 14.5 Å². The summed E-state index contributed by atoms with van der Waals surface area (Å²) in [5, 5.41) is 0. The number of ether oxygens (including phenoxy) is 1. The van der Waals surface area contributed by atoms with Gasteiger partial charge >= 0.3 is 0 Å². The first-order valence-corrected chi connectivity index (χ1v) is 12.2. The van der Waals surface area contributed by atoms with Crippen molar-refractivity contribution >= 4 is 11.6 Å². The molecule has 0 bridgehead atoms. The highest BCUT2D eigenvalue weighted by Crippen LogP contribution is 2.30. The first-order valence-electron chi connectivity index (χ1n) is 12.2. The van der Waals surface area contributed by atoms with Crippen molar-refractivity contribution < 1.29 is 9.53 Å². The molecule has 0 fully saturated rings. The number of hydrogen-bond acceptors (Lipinski definition) is 3. The van der Waals surface area contributed by atoms with Crippen molar-refractivity contribution in [3.05, 3.63) is 95.6 Å². The standard InChI is InChI=1S/C30H38N2O2/c1-6-30(33)32(22-24-12-16-27(17-13-24)31(4)5)21-20-29(25-10-8-7-9-11-25)26-14-18-28(19-15-26)34-23(2)3/h7-19,23,29H,6,20-22H2,1-5H3/t29-/m0/s1. The van der Waals surface area contributed by atoms with Gasteiger partial charge in [0.15, 0.2) is 0 Å². The lowest BCUT2D eigenvalue weighted by atomic mass is 9.88. The van der Waals surface area contributed by atoms with Crippen LogP contribution in [0.2, 0.25) is 0 Å².